The molecule has 1 saturated heterocycles. The molecule has 7 nitrogen and oxygen atoms in total. The van der Waals surface area contributed by atoms with Gasteiger partial charge in [0.05, 0.1) is 11.5 Å². The Labute approximate surface area is 124 Å². The van der Waals surface area contributed by atoms with Gasteiger partial charge in [-0.15, -0.1) is 0 Å². The molecule has 0 atom stereocenters. The van der Waals surface area contributed by atoms with Gasteiger partial charge in [0.2, 0.25) is 0 Å². The zero-order valence-electron chi connectivity index (χ0n) is 12.5. The predicted molar refractivity (Wildman–Crippen MR) is 80.5 cm³/mol. The van der Waals surface area contributed by atoms with E-state index in [1.165, 1.54) is 6.07 Å². The third-order valence-electron chi connectivity index (χ3n) is 4.01. The molecule has 0 aromatic carbocycles. The van der Waals surface area contributed by atoms with Gasteiger partial charge in [0.1, 0.15) is 11.5 Å². The zero-order valence-corrected chi connectivity index (χ0v) is 12.5. The number of piperidine rings is 1. The minimum absolute atomic E-state index is 0.0500. The van der Waals surface area contributed by atoms with Crippen LogP contribution in [0, 0.1) is 22.5 Å². The summed E-state index contributed by atoms with van der Waals surface area (Å²) in [7, 11) is 1.72. The van der Waals surface area contributed by atoms with Crippen LogP contribution in [0.3, 0.4) is 0 Å². The molecule has 1 fully saturated rings. The molecule has 0 bridgehead atoms. The summed E-state index contributed by atoms with van der Waals surface area (Å²) in [5, 5.41) is 17.5. The highest BCUT2D eigenvalue weighted by molar-refractivity contribution is 5.44. The number of anilines is 1. The van der Waals surface area contributed by atoms with Gasteiger partial charge in [0, 0.05) is 25.1 Å². The summed E-state index contributed by atoms with van der Waals surface area (Å²) >= 11 is 0. The first-order chi connectivity index (χ1) is 10.1. The number of hydrogen-bond donors (Lipinski definition) is 2. The van der Waals surface area contributed by atoms with Gasteiger partial charge in [-0.25, -0.2) is 4.98 Å². The van der Waals surface area contributed by atoms with Gasteiger partial charge in [0.25, 0.3) is 5.69 Å². The molecule has 2 rings (SSSR count). The molecule has 0 spiro atoms. The van der Waals surface area contributed by atoms with Crippen molar-refractivity contribution >= 4 is 11.5 Å². The van der Waals surface area contributed by atoms with E-state index in [0.29, 0.717) is 18.1 Å². The Kier molecular flexibility index (Phi) is 5.08. The van der Waals surface area contributed by atoms with Crippen LogP contribution < -0.4 is 10.6 Å². The summed E-state index contributed by atoms with van der Waals surface area (Å²) in [6, 6.07) is 3.16. The van der Waals surface area contributed by atoms with Gasteiger partial charge in [-0.1, -0.05) is 0 Å². The van der Waals surface area contributed by atoms with Crippen molar-refractivity contribution in [1.82, 2.24) is 10.3 Å². The Bertz CT molecular complexity index is 495. The molecule has 116 valence electrons. The molecule has 21 heavy (non-hydrogen) atoms. The standard InChI is InChI=1S/C14H22N4O3/c1-11-12(18(19)20)3-4-13(17-11)16-9-14(10-21-2)5-7-15-8-6-14/h3-4,15H,5-10H2,1-2H3,(H,16,17). The Hall–Kier alpha value is -1.73. The number of ether oxygens (including phenoxy) is 1. The highest BCUT2D eigenvalue weighted by Gasteiger charge is 2.32. The molecule has 0 aliphatic carbocycles. The van der Waals surface area contributed by atoms with E-state index in [0.717, 1.165) is 32.5 Å². The van der Waals surface area contributed by atoms with Gasteiger partial charge >= 0.3 is 0 Å². The van der Waals surface area contributed by atoms with E-state index in [1.807, 2.05) is 0 Å². The lowest BCUT2D eigenvalue weighted by atomic mass is 9.79. The number of nitrogens with one attached hydrogen (secondary N) is 2. The van der Waals surface area contributed by atoms with Gasteiger partial charge < -0.3 is 15.4 Å². The lowest BCUT2D eigenvalue weighted by molar-refractivity contribution is -0.385. The van der Waals surface area contributed by atoms with Crippen molar-refractivity contribution in [3.05, 3.63) is 27.9 Å². The average molecular weight is 294 g/mol. The number of aromatic nitrogens is 1. The van der Waals surface area contributed by atoms with Crippen LogP contribution in [0.25, 0.3) is 0 Å². The van der Waals surface area contributed by atoms with E-state index in [4.69, 9.17) is 4.74 Å². The molecule has 0 radical (unpaired) electrons. The second-order valence-electron chi connectivity index (χ2n) is 5.59. The molecule has 1 aliphatic heterocycles. The maximum Gasteiger partial charge on any atom is 0.290 e. The van der Waals surface area contributed by atoms with Crippen molar-refractivity contribution in [2.24, 2.45) is 5.41 Å². The molecular formula is C14H22N4O3. The lowest BCUT2D eigenvalue weighted by Gasteiger charge is -2.37. The van der Waals surface area contributed by atoms with Crippen LogP contribution in [0.4, 0.5) is 11.5 Å². The van der Waals surface area contributed by atoms with E-state index in [-0.39, 0.29) is 11.1 Å². The zero-order chi connectivity index (χ0) is 15.3. The number of hydrogen-bond acceptors (Lipinski definition) is 6. The van der Waals surface area contributed by atoms with E-state index in [1.54, 1.807) is 20.1 Å². The molecular weight excluding hydrogens is 272 g/mol. The molecule has 1 aromatic rings. The number of rotatable bonds is 6. The van der Waals surface area contributed by atoms with Crippen molar-refractivity contribution in [2.75, 3.05) is 38.7 Å². The fourth-order valence-corrected chi connectivity index (χ4v) is 2.76. The highest BCUT2D eigenvalue weighted by atomic mass is 16.6. The average Bonchev–Trinajstić information content (AvgIpc) is 2.46. The van der Waals surface area contributed by atoms with Crippen molar-refractivity contribution in [3.8, 4) is 0 Å². The van der Waals surface area contributed by atoms with Crippen LogP contribution in [-0.4, -0.2) is 43.3 Å². The summed E-state index contributed by atoms with van der Waals surface area (Å²) < 4.78 is 5.37. The minimum Gasteiger partial charge on any atom is -0.384 e. The van der Waals surface area contributed by atoms with E-state index in [2.05, 4.69) is 15.6 Å². The molecule has 0 unspecified atom stereocenters. The van der Waals surface area contributed by atoms with Crippen molar-refractivity contribution in [3.63, 3.8) is 0 Å². The minimum atomic E-state index is -0.411. The third kappa shape index (κ3) is 3.89. The fraction of sp³-hybridized carbons (Fsp3) is 0.643. The van der Waals surface area contributed by atoms with Crippen LogP contribution in [0.2, 0.25) is 0 Å². The largest absolute Gasteiger partial charge is 0.384 e. The molecule has 0 amide bonds. The normalized spacial score (nSPS) is 17.4. The Morgan fingerprint density at radius 1 is 1.48 bits per heavy atom. The molecule has 2 N–H and O–H groups in total. The van der Waals surface area contributed by atoms with Crippen molar-refractivity contribution < 1.29 is 9.66 Å². The third-order valence-corrected chi connectivity index (χ3v) is 4.01. The number of nitro groups is 1. The lowest BCUT2D eigenvalue weighted by Crippen LogP contribution is -2.44. The summed E-state index contributed by atoms with van der Waals surface area (Å²) in [5.74, 6) is 0.673. The Morgan fingerprint density at radius 3 is 2.76 bits per heavy atom. The van der Waals surface area contributed by atoms with Crippen molar-refractivity contribution in [1.29, 1.82) is 0 Å². The maximum atomic E-state index is 10.8. The fourth-order valence-electron chi connectivity index (χ4n) is 2.76. The molecule has 0 saturated carbocycles. The SMILES string of the molecule is COCC1(CNc2ccc([N+](=O)[O-])c(C)n2)CCNCC1. The van der Waals surface area contributed by atoms with Crippen molar-refractivity contribution in [2.45, 2.75) is 19.8 Å². The monoisotopic (exact) mass is 294 g/mol. The second kappa shape index (κ2) is 6.82. The molecule has 2 heterocycles. The van der Waals surface area contributed by atoms with E-state index >= 15 is 0 Å². The van der Waals surface area contributed by atoms with E-state index in [9.17, 15) is 10.1 Å². The van der Waals surface area contributed by atoms with Crippen LogP contribution in [0.15, 0.2) is 12.1 Å². The molecule has 1 aromatic heterocycles. The second-order valence-corrected chi connectivity index (χ2v) is 5.59. The molecule has 1 aliphatic rings. The smallest absolute Gasteiger partial charge is 0.290 e. The van der Waals surface area contributed by atoms with Crippen LogP contribution in [0.1, 0.15) is 18.5 Å². The predicted octanol–water partition coefficient (Wildman–Crippen LogP) is 1.73. The number of pyridine rings is 1. The Balaban J connectivity index is 2.03. The van der Waals surface area contributed by atoms with E-state index < -0.39 is 4.92 Å². The topological polar surface area (TPSA) is 89.3 Å². The van der Waals surface area contributed by atoms with Gasteiger partial charge in [-0.3, -0.25) is 10.1 Å². The molecule has 7 heteroatoms. The summed E-state index contributed by atoms with van der Waals surface area (Å²) in [4.78, 5) is 14.6. The van der Waals surface area contributed by atoms with Gasteiger partial charge in [0.15, 0.2) is 0 Å². The summed E-state index contributed by atoms with van der Waals surface area (Å²) in [6.45, 7) is 5.08. The Morgan fingerprint density at radius 2 is 2.19 bits per heavy atom. The number of methoxy groups -OCH3 is 1. The first-order valence-electron chi connectivity index (χ1n) is 7.12. The number of aryl methyl sites for hydroxylation is 1. The van der Waals surface area contributed by atoms with Crippen LogP contribution in [-0.2, 0) is 4.74 Å². The quantitative estimate of drug-likeness (QED) is 0.613. The highest BCUT2D eigenvalue weighted by Crippen LogP contribution is 2.29. The summed E-state index contributed by atoms with van der Waals surface area (Å²) in [6.07, 6.45) is 2.08. The first-order valence-corrected chi connectivity index (χ1v) is 7.12. The first kappa shape index (κ1) is 15.7. The summed E-state index contributed by atoms with van der Waals surface area (Å²) in [5.41, 5.74) is 0.572. The number of nitrogens with zero attached hydrogens (tertiary/aromatic N) is 2. The van der Waals surface area contributed by atoms with Gasteiger partial charge in [-0.2, -0.15) is 0 Å². The van der Waals surface area contributed by atoms with Crippen LogP contribution >= 0.6 is 0 Å². The maximum absolute atomic E-state index is 10.8. The van der Waals surface area contributed by atoms with Gasteiger partial charge in [-0.05, 0) is 38.9 Å². The van der Waals surface area contributed by atoms with Crippen LogP contribution in [0.5, 0.6) is 0 Å².